The number of aromatic nitrogens is 1. The van der Waals surface area contributed by atoms with Crippen LogP contribution in [0.25, 0.3) is 11.8 Å². The van der Waals surface area contributed by atoms with Gasteiger partial charge >= 0.3 is 0 Å². The molecule has 0 saturated carbocycles. The summed E-state index contributed by atoms with van der Waals surface area (Å²) < 4.78 is 20.9. The van der Waals surface area contributed by atoms with Gasteiger partial charge in [0.15, 0.2) is 0 Å². The van der Waals surface area contributed by atoms with Crippen molar-refractivity contribution in [2.24, 2.45) is 0 Å². The van der Waals surface area contributed by atoms with Crippen LogP contribution >= 0.6 is 0 Å². The zero-order valence-corrected chi connectivity index (χ0v) is 17.5. The average molecular weight is 434 g/mol. The predicted molar refractivity (Wildman–Crippen MR) is 117 cm³/mol. The number of hydrogen-bond acceptors (Lipinski definition) is 5. The second-order valence-corrected chi connectivity index (χ2v) is 6.88. The van der Waals surface area contributed by atoms with Gasteiger partial charge in [-0.15, -0.1) is 0 Å². The molecule has 8 nitrogen and oxygen atoms in total. The number of nitro groups is 1. The number of halogens is 1. The van der Waals surface area contributed by atoms with Crippen molar-refractivity contribution in [2.75, 3.05) is 12.4 Å². The van der Waals surface area contributed by atoms with E-state index in [4.69, 9.17) is 4.74 Å². The van der Waals surface area contributed by atoms with E-state index in [1.54, 1.807) is 30.5 Å². The highest BCUT2D eigenvalue weighted by Crippen LogP contribution is 2.32. The Morgan fingerprint density at radius 2 is 1.97 bits per heavy atom. The molecule has 1 heterocycles. The maximum absolute atomic E-state index is 13.8. The van der Waals surface area contributed by atoms with Crippen molar-refractivity contribution in [1.29, 1.82) is 5.26 Å². The van der Waals surface area contributed by atoms with Gasteiger partial charge in [0.1, 0.15) is 23.2 Å². The summed E-state index contributed by atoms with van der Waals surface area (Å²) in [4.78, 5) is 23.3. The Balaban J connectivity index is 2.04. The van der Waals surface area contributed by atoms with Gasteiger partial charge in [0.25, 0.3) is 11.6 Å². The minimum Gasteiger partial charge on any atom is -0.495 e. The molecule has 0 unspecified atom stereocenters. The largest absolute Gasteiger partial charge is 0.495 e. The number of nitrogens with one attached hydrogen (secondary N) is 1. The molecular formula is C23H19FN4O4. The lowest BCUT2D eigenvalue weighted by Crippen LogP contribution is -2.14. The van der Waals surface area contributed by atoms with E-state index in [1.807, 2.05) is 6.07 Å². The first-order chi connectivity index (χ1) is 15.3. The number of methoxy groups -OCH3 is 1. The fraction of sp³-hybridized carbons (Fsp3) is 0.130. The number of non-ortho nitro benzene ring substituents is 1. The highest BCUT2D eigenvalue weighted by molar-refractivity contribution is 6.09. The lowest BCUT2D eigenvalue weighted by molar-refractivity contribution is -0.384. The number of carbonyl (C=O) groups is 1. The summed E-state index contributed by atoms with van der Waals surface area (Å²) in [5, 5.41) is 23.1. The summed E-state index contributed by atoms with van der Waals surface area (Å²) in [6.45, 7) is 3.54. The Labute approximate surface area is 183 Å². The van der Waals surface area contributed by atoms with Crippen LogP contribution in [0.5, 0.6) is 5.75 Å². The predicted octanol–water partition coefficient (Wildman–Crippen LogP) is 4.70. The Kier molecular flexibility index (Phi) is 6.35. The first kappa shape index (κ1) is 22.2. The van der Waals surface area contributed by atoms with Crippen LogP contribution in [0, 0.1) is 41.1 Å². The third-order valence-corrected chi connectivity index (χ3v) is 4.87. The SMILES string of the molecule is COc1ccc([N+](=O)[O-])cc1-n1c(C)cc(/C=C(/C#N)C(=O)Nc2ccccc2F)c1C. The average Bonchev–Trinajstić information content (AvgIpc) is 3.05. The third kappa shape index (κ3) is 4.34. The van der Waals surface area contributed by atoms with Gasteiger partial charge in [-0.2, -0.15) is 5.26 Å². The Hall–Kier alpha value is -4.45. The van der Waals surface area contributed by atoms with E-state index in [2.05, 4.69) is 5.32 Å². The molecule has 32 heavy (non-hydrogen) atoms. The molecule has 0 aliphatic heterocycles. The number of aryl methyl sites for hydroxylation is 1. The molecule has 3 aromatic rings. The molecule has 1 N–H and O–H groups in total. The van der Waals surface area contributed by atoms with Crippen molar-refractivity contribution >= 4 is 23.4 Å². The molecule has 0 fully saturated rings. The van der Waals surface area contributed by atoms with E-state index >= 15 is 0 Å². The number of nitrogens with zero attached hydrogens (tertiary/aromatic N) is 3. The van der Waals surface area contributed by atoms with Crippen molar-refractivity contribution in [3.8, 4) is 17.5 Å². The Morgan fingerprint density at radius 1 is 1.25 bits per heavy atom. The van der Waals surface area contributed by atoms with E-state index in [1.165, 1.54) is 49.6 Å². The van der Waals surface area contributed by atoms with Crippen LogP contribution in [0.1, 0.15) is 17.0 Å². The van der Waals surface area contributed by atoms with Gasteiger partial charge in [0.05, 0.1) is 23.4 Å². The molecule has 1 amide bonds. The molecule has 0 aliphatic carbocycles. The van der Waals surface area contributed by atoms with Crippen molar-refractivity contribution in [1.82, 2.24) is 4.57 Å². The molecule has 0 bridgehead atoms. The summed E-state index contributed by atoms with van der Waals surface area (Å²) in [7, 11) is 1.46. The van der Waals surface area contributed by atoms with Crippen LogP contribution in [0.4, 0.5) is 15.8 Å². The van der Waals surface area contributed by atoms with Gasteiger partial charge in [-0.3, -0.25) is 14.9 Å². The molecule has 0 radical (unpaired) electrons. The van der Waals surface area contributed by atoms with Crippen molar-refractivity contribution in [3.63, 3.8) is 0 Å². The van der Waals surface area contributed by atoms with Crippen LogP contribution in [-0.2, 0) is 4.79 Å². The topological polar surface area (TPSA) is 110 Å². The smallest absolute Gasteiger partial charge is 0.271 e. The maximum atomic E-state index is 13.8. The van der Waals surface area contributed by atoms with Gasteiger partial charge in [0, 0.05) is 23.5 Å². The lowest BCUT2D eigenvalue weighted by Gasteiger charge is -2.14. The minimum atomic E-state index is -0.754. The summed E-state index contributed by atoms with van der Waals surface area (Å²) in [6.07, 6.45) is 1.39. The molecule has 1 aromatic heterocycles. The number of nitriles is 1. The van der Waals surface area contributed by atoms with E-state index in [9.17, 15) is 24.6 Å². The fourth-order valence-corrected chi connectivity index (χ4v) is 3.33. The van der Waals surface area contributed by atoms with Crippen LogP contribution in [-0.4, -0.2) is 22.5 Å². The molecule has 162 valence electrons. The maximum Gasteiger partial charge on any atom is 0.271 e. The van der Waals surface area contributed by atoms with Crippen LogP contribution < -0.4 is 10.1 Å². The van der Waals surface area contributed by atoms with E-state index < -0.39 is 16.6 Å². The number of amides is 1. The van der Waals surface area contributed by atoms with E-state index in [-0.39, 0.29) is 16.9 Å². The minimum absolute atomic E-state index is 0.0366. The summed E-state index contributed by atoms with van der Waals surface area (Å²) in [5.74, 6) is -0.949. The molecule has 0 spiro atoms. The van der Waals surface area contributed by atoms with Crippen molar-refractivity contribution in [3.05, 3.63) is 87.0 Å². The summed E-state index contributed by atoms with van der Waals surface area (Å²) in [6, 6.07) is 13.5. The zero-order chi connectivity index (χ0) is 23.4. The quantitative estimate of drug-likeness (QED) is 0.262. The monoisotopic (exact) mass is 434 g/mol. The fourth-order valence-electron chi connectivity index (χ4n) is 3.33. The number of para-hydroxylation sites is 1. The molecule has 2 aromatic carbocycles. The van der Waals surface area contributed by atoms with Crippen LogP contribution in [0.15, 0.2) is 54.1 Å². The number of ether oxygens (including phenoxy) is 1. The van der Waals surface area contributed by atoms with Crippen LogP contribution in [0.2, 0.25) is 0 Å². The number of anilines is 1. The molecule has 0 atom stereocenters. The highest BCUT2D eigenvalue weighted by Gasteiger charge is 2.19. The van der Waals surface area contributed by atoms with Gasteiger partial charge in [-0.25, -0.2) is 4.39 Å². The summed E-state index contributed by atoms with van der Waals surface area (Å²) in [5.41, 5.74) is 1.98. The Bertz CT molecular complexity index is 1290. The highest BCUT2D eigenvalue weighted by atomic mass is 19.1. The number of rotatable bonds is 6. The third-order valence-electron chi connectivity index (χ3n) is 4.87. The van der Waals surface area contributed by atoms with E-state index in [0.717, 1.165) is 0 Å². The first-order valence-electron chi connectivity index (χ1n) is 9.46. The molecule has 3 rings (SSSR count). The van der Waals surface area contributed by atoms with Gasteiger partial charge in [-0.1, -0.05) is 12.1 Å². The number of carbonyl (C=O) groups excluding carboxylic acids is 1. The molecule has 0 aliphatic rings. The van der Waals surface area contributed by atoms with Gasteiger partial charge in [0.2, 0.25) is 0 Å². The lowest BCUT2D eigenvalue weighted by atomic mass is 10.1. The van der Waals surface area contributed by atoms with E-state index in [0.29, 0.717) is 28.4 Å². The van der Waals surface area contributed by atoms with Crippen molar-refractivity contribution < 1.29 is 18.8 Å². The first-order valence-corrected chi connectivity index (χ1v) is 9.46. The van der Waals surface area contributed by atoms with Crippen molar-refractivity contribution in [2.45, 2.75) is 13.8 Å². The molecule has 9 heteroatoms. The van der Waals surface area contributed by atoms with Gasteiger partial charge in [-0.05, 0) is 49.8 Å². The number of nitro benzene ring substituents is 1. The molecular weight excluding hydrogens is 415 g/mol. The Morgan fingerprint density at radius 3 is 2.59 bits per heavy atom. The second kappa shape index (κ2) is 9.14. The second-order valence-electron chi connectivity index (χ2n) is 6.88. The van der Waals surface area contributed by atoms with Gasteiger partial charge < -0.3 is 14.6 Å². The number of benzene rings is 2. The standard InChI is InChI=1S/C23H19FN4O4/c1-14-10-16(11-17(13-25)23(29)26-20-7-5-4-6-19(20)24)15(2)27(14)21-12-18(28(30)31)8-9-22(21)32-3/h4-12H,1-3H3,(H,26,29)/b17-11-. The summed E-state index contributed by atoms with van der Waals surface area (Å²) >= 11 is 0. The normalized spacial score (nSPS) is 11.0. The zero-order valence-electron chi connectivity index (χ0n) is 17.5. The molecule has 0 saturated heterocycles. The number of hydrogen-bond donors (Lipinski definition) is 1. The van der Waals surface area contributed by atoms with Crippen LogP contribution in [0.3, 0.4) is 0 Å².